The van der Waals surface area contributed by atoms with Crippen LogP contribution in [-0.4, -0.2) is 25.5 Å². The first kappa shape index (κ1) is 18.6. The predicted octanol–water partition coefficient (Wildman–Crippen LogP) is 3.15. The average molecular weight is 387 g/mol. The second kappa shape index (κ2) is 7.35. The summed E-state index contributed by atoms with van der Waals surface area (Å²) in [6.45, 7) is 5.63. The van der Waals surface area contributed by atoms with E-state index in [1.807, 2.05) is 50.2 Å². The van der Waals surface area contributed by atoms with Gasteiger partial charge >= 0.3 is 0 Å². The van der Waals surface area contributed by atoms with Gasteiger partial charge in [-0.2, -0.15) is 10.2 Å². The number of nitrogens with one attached hydrogen (secondary N) is 1. The summed E-state index contributed by atoms with van der Waals surface area (Å²) in [4.78, 5) is 25.6. The molecule has 29 heavy (non-hydrogen) atoms. The predicted molar refractivity (Wildman–Crippen MR) is 112 cm³/mol. The van der Waals surface area contributed by atoms with Crippen LogP contribution in [0.1, 0.15) is 16.8 Å². The number of aryl methyl sites for hydroxylation is 3. The number of para-hydroxylation sites is 1. The van der Waals surface area contributed by atoms with E-state index in [1.54, 1.807) is 29.9 Å². The number of rotatable bonds is 4. The first-order valence-corrected chi connectivity index (χ1v) is 9.32. The number of benzene rings is 2. The number of fused-ring (bicyclic) bond motifs is 1. The fourth-order valence-electron chi connectivity index (χ4n) is 3.41. The Balaban J connectivity index is 1.76. The Bertz CT molecular complexity index is 1270. The van der Waals surface area contributed by atoms with Gasteiger partial charge in [0.25, 0.3) is 5.56 Å². The van der Waals surface area contributed by atoms with Crippen LogP contribution in [0.2, 0.25) is 0 Å². The van der Waals surface area contributed by atoms with Gasteiger partial charge in [-0.1, -0.05) is 35.9 Å². The second-order valence-corrected chi connectivity index (χ2v) is 7.07. The van der Waals surface area contributed by atoms with Gasteiger partial charge in [0.2, 0.25) is 5.91 Å². The van der Waals surface area contributed by atoms with E-state index < -0.39 is 0 Å². The Morgan fingerprint density at radius 1 is 1.07 bits per heavy atom. The monoisotopic (exact) mass is 387 g/mol. The van der Waals surface area contributed by atoms with Crippen LogP contribution in [0.5, 0.6) is 0 Å². The topological polar surface area (TPSA) is 81.8 Å². The van der Waals surface area contributed by atoms with Crippen LogP contribution < -0.4 is 10.9 Å². The van der Waals surface area contributed by atoms with Crippen LogP contribution in [0.25, 0.3) is 16.6 Å². The zero-order chi connectivity index (χ0) is 20.5. The quantitative estimate of drug-likeness (QED) is 0.583. The van der Waals surface area contributed by atoms with Gasteiger partial charge in [-0.05, 0) is 44.5 Å². The molecule has 7 heteroatoms. The molecule has 4 rings (SSSR count). The van der Waals surface area contributed by atoms with E-state index in [-0.39, 0.29) is 18.0 Å². The third-order valence-electron chi connectivity index (χ3n) is 4.80. The normalized spacial score (nSPS) is 11.0. The molecule has 2 aromatic carbocycles. The Hall–Kier alpha value is -3.74. The summed E-state index contributed by atoms with van der Waals surface area (Å²) in [6, 6.07) is 15.1. The van der Waals surface area contributed by atoms with E-state index in [4.69, 9.17) is 0 Å². The van der Waals surface area contributed by atoms with Crippen molar-refractivity contribution in [3.63, 3.8) is 0 Å². The largest absolute Gasteiger partial charge is 0.324 e. The molecule has 0 fully saturated rings. The number of hydrogen-bond donors (Lipinski definition) is 1. The van der Waals surface area contributed by atoms with Crippen LogP contribution in [0.15, 0.2) is 59.5 Å². The number of hydrogen-bond acceptors (Lipinski definition) is 4. The maximum absolute atomic E-state index is 13.2. The molecule has 0 aliphatic rings. The molecule has 7 nitrogen and oxygen atoms in total. The lowest BCUT2D eigenvalue weighted by atomic mass is 10.1. The first-order chi connectivity index (χ1) is 13.9. The molecule has 2 heterocycles. The fourth-order valence-corrected chi connectivity index (χ4v) is 3.41. The summed E-state index contributed by atoms with van der Waals surface area (Å²) in [5.41, 5.74) is 4.34. The lowest BCUT2D eigenvalue weighted by molar-refractivity contribution is -0.117. The molecule has 1 N–H and O–H groups in total. The maximum atomic E-state index is 13.2. The molecule has 146 valence electrons. The van der Waals surface area contributed by atoms with Crippen molar-refractivity contribution < 1.29 is 4.79 Å². The Kier molecular flexibility index (Phi) is 4.72. The van der Waals surface area contributed by atoms with Crippen LogP contribution in [-0.2, 0) is 11.3 Å². The van der Waals surface area contributed by atoms with E-state index in [0.29, 0.717) is 22.3 Å². The van der Waals surface area contributed by atoms with E-state index in [1.165, 1.54) is 4.68 Å². The van der Waals surface area contributed by atoms with Crippen molar-refractivity contribution in [2.24, 2.45) is 0 Å². The van der Waals surface area contributed by atoms with E-state index >= 15 is 0 Å². The van der Waals surface area contributed by atoms with Gasteiger partial charge in [0.15, 0.2) is 0 Å². The SMILES string of the molecule is Cc1ccc(-n2ncc3c(C)nn(CC(=O)Nc4ccccc4)c(=O)c32)c(C)c1. The molecule has 0 unspecified atom stereocenters. The molecular weight excluding hydrogens is 366 g/mol. The summed E-state index contributed by atoms with van der Waals surface area (Å²) in [5, 5.41) is 12.2. The van der Waals surface area contributed by atoms with E-state index in [0.717, 1.165) is 16.8 Å². The highest BCUT2D eigenvalue weighted by Gasteiger charge is 2.17. The number of aromatic nitrogens is 4. The molecule has 2 aromatic heterocycles. The number of anilines is 1. The lowest BCUT2D eigenvalue weighted by Crippen LogP contribution is -2.31. The smallest absolute Gasteiger partial charge is 0.293 e. The molecular formula is C22H21N5O2. The average Bonchev–Trinajstić information content (AvgIpc) is 3.12. The van der Waals surface area contributed by atoms with Crippen LogP contribution in [0.4, 0.5) is 5.69 Å². The highest BCUT2D eigenvalue weighted by atomic mass is 16.2. The van der Waals surface area contributed by atoms with Crippen molar-refractivity contribution in [2.45, 2.75) is 27.3 Å². The first-order valence-electron chi connectivity index (χ1n) is 9.32. The van der Waals surface area contributed by atoms with Crippen LogP contribution in [0.3, 0.4) is 0 Å². The summed E-state index contributed by atoms with van der Waals surface area (Å²) in [5.74, 6) is -0.317. The number of carbonyl (C=O) groups is 1. The number of carbonyl (C=O) groups excluding carboxylic acids is 1. The molecule has 0 aliphatic heterocycles. The van der Waals surface area contributed by atoms with Gasteiger partial charge in [-0.3, -0.25) is 9.59 Å². The van der Waals surface area contributed by atoms with Gasteiger partial charge in [0.1, 0.15) is 12.1 Å². The molecule has 4 aromatic rings. The summed E-state index contributed by atoms with van der Waals surface area (Å²) in [7, 11) is 0. The zero-order valence-corrected chi connectivity index (χ0v) is 16.5. The third kappa shape index (κ3) is 3.54. The summed E-state index contributed by atoms with van der Waals surface area (Å²) >= 11 is 0. The standard InChI is InChI=1S/C22H21N5O2/c1-14-9-10-19(15(2)11-14)27-21-18(12-23-27)16(3)25-26(22(21)29)13-20(28)24-17-7-5-4-6-8-17/h4-12H,13H2,1-3H3,(H,24,28). The molecule has 0 atom stereocenters. The molecule has 1 amide bonds. The minimum atomic E-state index is -0.355. The number of amides is 1. The zero-order valence-electron chi connectivity index (χ0n) is 16.5. The van der Waals surface area contributed by atoms with Gasteiger partial charge in [-0.15, -0.1) is 0 Å². The van der Waals surface area contributed by atoms with Gasteiger partial charge < -0.3 is 5.32 Å². The summed E-state index contributed by atoms with van der Waals surface area (Å²) < 4.78 is 2.82. The Labute approximate surface area is 167 Å². The van der Waals surface area contributed by atoms with Crippen molar-refractivity contribution in [3.8, 4) is 5.69 Å². The molecule has 0 radical (unpaired) electrons. The highest BCUT2D eigenvalue weighted by molar-refractivity contribution is 5.90. The molecule has 0 saturated heterocycles. The Morgan fingerprint density at radius 2 is 1.83 bits per heavy atom. The van der Waals surface area contributed by atoms with E-state index in [9.17, 15) is 9.59 Å². The van der Waals surface area contributed by atoms with Crippen molar-refractivity contribution >= 4 is 22.5 Å². The molecule has 0 aliphatic carbocycles. The number of nitrogens with zero attached hydrogens (tertiary/aromatic N) is 4. The lowest BCUT2D eigenvalue weighted by Gasteiger charge is -2.11. The third-order valence-corrected chi connectivity index (χ3v) is 4.80. The fraction of sp³-hybridized carbons (Fsp3) is 0.182. The van der Waals surface area contributed by atoms with Gasteiger partial charge in [0, 0.05) is 11.1 Å². The highest BCUT2D eigenvalue weighted by Crippen LogP contribution is 2.20. The minimum Gasteiger partial charge on any atom is -0.324 e. The van der Waals surface area contributed by atoms with Crippen LogP contribution >= 0.6 is 0 Å². The van der Waals surface area contributed by atoms with Crippen molar-refractivity contribution in [2.75, 3.05) is 5.32 Å². The maximum Gasteiger partial charge on any atom is 0.293 e. The van der Waals surface area contributed by atoms with Crippen LogP contribution in [0, 0.1) is 20.8 Å². The molecule has 0 saturated carbocycles. The van der Waals surface area contributed by atoms with E-state index in [2.05, 4.69) is 15.5 Å². The second-order valence-electron chi connectivity index (χ2n) is 7.07. The van der Waals surface area contributed by atoms with Crippen molar-refractivity contribution in [3.05, 3.63) is 81.9 Å². The summed E-state index contributed by atoms with van der Waals surface area (Å²) in [6.07, 6.45) is 1.65. The molecule has 0 spiro atoms. The Morgan fingerprint density at radius 3 is 2.55 bits per heavy atom. The van der Waals surface area contributed by atoms with Gasteiger partial charge in [0.05, 0.1) is 17.6 Å². The molecule has 0 bridgehead atoms. The van der Waals surface area contributed by atoms with Crippen molar-refractivity contribution in [1.82, 2.24) is 19.6 Å². The van der Waals surface area contributed by atoms with Crippen molar-refractivity contribution in [1.29, 1.82) is 0 Å². The minimum absolute atomic E-state index is 0.178. The van der Waals surface area contributed by atoms with Gasteiger partial charge in [-0.25, -0.2) is 9.36 Å².